The molecule has 0 bridgehead atoms. The van der Waals surface area contributed by atoms with Crippen molar-refractivity contribution in [3.63, 3.8) is 0 Å². The second-order valence-electron chi connectivity index (χ2n) is 8.66. The summed E-state index contributed by atoms with van der Waals surface area (Å²) in [5.41, 5.74) is -0.541. The fourth-order valence-electron chi connectivity index (χ4n) is 4.99. The van der Waals surface area contributed by atoms with E-state index in [1.54, 1.807) is 60.6 Å². The maximum absolute atomic E-state index is 14.2. The Kier molecular flexibility index (Phi) is 7.26. The number of hydrogen-bond donors (Lipinski definition) is 1. The summed E-state index contributed by atoms with van der Waals surface area (Å²) in [6.45, 7) is 6.76. The predicted molar refractivity (Wildman–Crippen MR) is 136 cm³/mol. The van der Waals surface area contributed by atoms with Crippen molar-refractivity contribution in [2.75, 3.05) is 38.3 Å². The Bertz CT molecular complexity index is 1220. The summed E-state index contributed by atoms with van der Waals surface area (Å²) in [6, 6.07) is 13.6. The number of ether oxygens (including phenoxy) is 2. The van der Waals surface area contributed by atoms with E-state index in [-0.39, 0.29) is 12.1 Å². The standard InChI is InChI=1S/C28H30N2O6/c1-4-15-29-22-10-7-6-9-21(22)28(27(29)34)23(25(32)26(33)30(28)16-8-18-35-3)24(31)19-11-13-20(14-12-19)36-17-5-2/h5-7,9-14,31H,2,4,8,15-18H2,1,3H3/b24-23-. The number of fused-ring (bicyclic) bond motifs is 2. The van der Waals surface area contributed by atoms with Gasteiger partial charge in [-0.2, -0.15) is 0 Å². The van der Waals surface area contributed by atoms with Gasteiger partial charge >= 0.3 is 0 Å². The van der Waals surface area contributed by atoms with Gasteiger partial charge in [-0.1, -0.05) is 37.8 Å². The van der Waals surface area contributed by atoms with Crippen molar-refractivity contribution in [2.24, 2.45) is 0 Å². The monoisotopic (exact) mass is 490 g/mol. The number of rotatable bonds is 10. The topological polar surface area (TPSA) is 96.4 Å². The number of likely N-dealkylation sites (tertiary alicyclic amines) is 1. The van der Waals surface area contributed by atoms with Gasteiger partial charge in [-0.3, -0.25) is 14.4 Å². The van der Waals surface area contributed by atoms with Gasteiger partial charge in [0.25, 0.3) is 17.6 Å². The van der Waals surface area contributed by atoms with Crippen LogP contribution >= 0.6 is 0 Å². The third-order valence-corrected chi connectivity index (χ3v) is 6.48. The van der Waals surface area contributed by atoms with Gasteiger partial charge in [-0.25, -0.2) is 0 Å². The Morgan fingerprint density at radius 2 is 1.81 bits per heavy atom. The zero-order valence-corrected chi connectivity index (χ0v) is 20.5. The molecule has 1 fully saturated rings. The van der Waals surface area contributed by atoms with E-state index < -0.39 is 28.9 Å². The highest BCUT2D eigenvalue weighted by atomic mass is 16.5. The Hall–Kier alpha value is -3.91. The molecule has 0 aromatic heterocycles. The van der Waals surface area contributed by atoms with Crippen molar-refractivity contribution in [3.8, 4) is 5.75 Å². The number of methoxy groups -OCH3 is 1. The fraction of sp³-hybridized carbons (Fsp3) is 0.321. The maximum atomic E-state index is 14.2. The molecule has 4 rings (SSSR count). The number of benzene rings is 2. The Balaban J connectivity index is 1.94. The highest BCUT2D eigenvalue weighted by molar-refractivity contribution is 6.50. The molecule has 36 heavy (non-hydrogen) atoms. The summed E-state index contributed by atoms with van der Waals surface area (Å²) >= 11 is 0. The van der Waals surface area contributed by atoms with E-state index in [1.165, 1.54) is 4.90 Å². The lowest BCUT2D eigenvalue weighted by Gasteiger charge is -2.34. The molecule has 0 saturated carbocycles. The van der Waals surface area contributed by atoms with Gasteiger partial charge in [0, 0.05) is 37.9 Å². The number of ketones is 1. The van der Waals surface area contributed by atoms with Crippen LogP contribution in [0.1, 0.15) is 30.9 Å². The minimum Gasteiger partial charge on any atom is -0.507 e. The van der Waals surface area contributed by atoms with Crippen molar-refractivity contribution < 1.29 is 29.0 Å². The van der Waals surface area contributed by atoms with Crippen LogP contribution in [0.15, 0.2) is 66.8 Å². The highest BCUT2D eigenvalue weighted by Crippen LogP contribution is 2.53. The van der Waals surface area contributed by atoms with Crippen LogP contribution in [0, 0.1) is 0 Å². The number of Topliss-reactive ketones (excluding diaryl/α,β-unsaturated/α-hetero) is 1. The first-order valence-electron chi connectivity index (χ1n) is 12.0. The number of carbonyl (C=O) groups is 3. The molecule has 8 heteroatoms. The van der Waals surface area contributed by atoms with Gasteiger partial charge in [0.1, 0.15) is 18.1 Å². The van der Waals surface area contributed by atoms with Crippen LogP contribution in [0.4, 0.5) is 5.69 Å². The van der Waals surface area contributed by atoms with Crippen LogP contribution in [0.25, 0.3) is 5.76 Å². The molecule has 0 radical (unpaired) electrons. The van der Waals surface area contributed by atoms with Crippen LogP contribution in [-0.2, 0) is 24.7 Å². The van der Waals surface area contributed by atoms with Gasteiger partial charge < -0.3 is 24.4 Å². The summed E-state index contributed by atoms with van der Waals surface area (Å²) in [6.07, 6.45) is 2.71. The van der Waals surface area contributed by atoms with Crippen LogP contribution in [0.3, 0.4) is 0 Å². The van der Waals surface area contributed by atoms with E-state index in [0.29, 0.717) is 55.2 Å². The third-order valence-electron chi connectivity index (χ3n) is 6.48. The minimum atomic E-state index is -1.75. The Labute approximate surface area is 210 Å². The van der Waals surface area contributed by atoms with E-state index in [0.717, 1.165) is 0 Å². The van der Waals surface area contributed by atoms with E-state index in [4.69, 9.17) is 9.47 Å². The fourth-order valence-corrected chi connectivity index (χ4v) is 4.99. The molecule has 188 valence electrons. The largest absolute Gasteiger partial charge is 0.507 e. The molecule has 0 aliphatic carbocycles. The van der Waals surface area contributed by atoms with E-state index >= 15 is 0 Å². The number of aliphatic hydroxyl groups is 1. The number of aliphatic hydroxyl groups excluding tert-OH is 1. The minimum absolute atomic E-state index is 0.115. The molecule has 1 atom stereocenters. The molecule has 2 heterocycles. The first-order chi connectivity index (χ1) is 17.4. The molecule has 2 aliphatic rings. The molecule has 2 aliphatic heterocycles. The zero-order chi connectivity index (χ0) is 25.9. The van der Waals surface area contributed by atoms with Crippen molar-refractivity contribution in [3.05, 3.63) is 77.9 Å². The lowest BCUT2D eigenvalue weighted by Crippen LogP contribution is -2.52. The van der Waals surface area contributed by atoms with E-state index in [9.17, 15) is 19.5 Å². The van der Waals surface area contributed by atoms with Crippen LogP contribution in [0.5, 0.6) is 5.75 Å². The molecular weight excluding hydrogens is 460 g/mol. The second-order valence-corrected chi connectivity index (χ2v) is 8.66. The first-order valence-corrected chi connectivity index (χ1v) is 12.0. The van der Waals surface area contributed by atoms with Gasteiger partial charge in [0.05, 0.1) is 11.3 Å². The first kappa shape index (κ1) is 25.2. The van der Waals surface area contributed by atoms with Gasteiger partial charge in [0.15, 0.2) is 5.54 Å². The quantitative estimate of drug-likeness (QED) is 0.180. The summed E-state index contributed by atoms with van der Waals surface area (Å²) in [5, 5.41) is 11.5. The Morgan fingerprint density at radius 1 is 1.08 bits per heavy atom. The molecule has 2 amide bonds. The zero-order valence-electron chi connectivity index (χ0n) is 20.5. The lowest BCUT2D eigenvalue weighted by molar-refractivity contribution is -0.143. The van der Waals surface area contributed by atoms with Gasteiger partial charge in [0.2, 0.25) is 0 Å². The summed E-state index contributed by atoms with van der Waals surface area (Å²) in [5.74, 6) is -1.98. The third kappa shape index (κ3) is 3.87. The normalized spacial score (nSPS) is 20.3. The summed E-state index contributed by atoms with van der Waals surface area (Å²) in [4.78, 5) is 44.0. The van der Waals surface area contributed by atoms with Crippen molar-refractivity contribution in [1.29, 1.82) is 0 Å². The van der Waals surface area contributed by atoms with Crippen molar-refractivity contribution in [2.45, 2.75) is 25.3 Å². The lowest BCUT2D eigenvalue weighted by atomic mass is 9.82. The highest BCUT2D eigenvalue weighted by Gasteiger charge is 2.66. The number of para-hydroxylation sites is 1. The number of amides is 2. The maximum Gasteiger partial charge on any atom is 0.296 e. The molecule has 8 nitrogen and oxygen atoms in total. The van der Waals surface area contributed by atoms with Crippen molar-refractivity contribution in [1.82, 2.24) is 4.90 Å². The van der Waals surface area contributed by atoms with Crippen molar-refractivity contribution >= 4 is 29.0 Å². The average Bonchev–Trinajstić information content (AvgIpc) is 3.27. The van der Waals surface area contributed by atoms with E-state index in [2.05, 4.69) is 6.58 Å². The number of nitrogens with zero attached hydrogens (tertiary/aromatic N) is 2. The SMILES string of the molecule is C=CCOc1ccc(/C(O)=C2\C(=O)C(=O)N(CCCOC)C23C(=O)N(CCC)c2ccccc23)cc1. The molecule has 1 N–H and O–H groups in total. The molecule has 1 saturated heterocycles. The number of hydrogen-bond acceptors (Lipinski definition) is 6. The van der Waals surface area contributed by atoms with Gasteiger partial charge in [-0.05, 0) is 43.2 Å². The summed E-state index contributed by atoms with van der Waals surface area (Å²) < 4.78 is 10.7. The molecule has 2 aromatic rings. The molecule has 1 spiro atoms. The summed E-state index contributed by atoms with van der Waals surface area (Å²) in [7, 11) is 1.55. The molecular formula is C28H30N2O6. The van der Waals surface area contributed by atoms with Crippen LogP contribution in [-0.4, -0.2) is 61.0 Å². The predicted octanol–water partition coefficient (Wildman–Crippen LogP) is 3.62. The number of carbonyl (C=O) groups excluding carboxylic acids is 3. The van der Waals surface area contributed by atoms with E-state index in [1.807, 2.05) is 13.0 Å². The molecule has 2 aromatic carbocycles. The van der Waals surface area contributed by atoms with Gasteiger partial charge in [-0.15, -0.1) is 0 Å². The molecule has 1 unspecified atom stereocenters. The average molecular weight is 491 g/mol. The van der Waals surface area contributed by atoms with Crippen LogP contribution in [0.2, 0.25) is 0 Å². The smallest absolute Gasteiger partial charge is 0.296 e. The second kappa shape index (κ2) is 10.4. The number of anilines is 1. The van der Waals surface area contributed by atoms with Crippen LogP contribution < -0.4 is 9.64 Å². The Morgan fingerprint density at radius 3 is 2.47 bits per heavy atom.